The minimum absolute atomic E-state index is 0.0152. The molecule has 114 valence electrons. The van der Waals surface area contributed by atoms with Gasteiger partial charge in [-0.1, -0.05) is 6.07 Å². The highest BCUT2D eigenvalue weighted by Gasteiger charge is 2.35. The molecule has 1 aromatic carbocycles. The smallest absolute Gasteiger partial charge is 0.254 e. The number of carbonyl (C=O) groups is 2. The second-order valence-corrected chi connectivity index (χ2v) is 5.91. The highest BCUT2D eigenvalue weighted by atomic mass is 16.2. The number of carbonyl (C=O) groups excluding carboxylic acids is 2. The first-order valence-corrected chi connectivity index (χ1v) is 7.21. The quantitative estimate of drug-likeness (QED) is 0.841. The number of hydrogen-bond donors (Lipinski definition) is 1. The van der Waals surface area contributed by atoms with Gasteiger partial charge < -0.3 is 15.5 Å². The highest BCUT2D eigenvalue weighted by molar-refractivity contribution is 5.99. The monoisotopic (exact) mass is 289 g/mol. The van der Waals surface area contributed by atoms with E-state index >= 15 is 0 Å². The van der Waals surface area contributed by atoms with Crippen molar-refractivity contribution in [3.63, 3.8) is 0 Å². The summed E-state index contributed by atoms with van der Waals surface area (Å²) in [6.45, 7) is 4.44. The van der Waals surface area contributed by atoms with Crippen molar-refractivity contribution in [3.05, 3.63) is 28.8 Å². The summed E-state index contributed by atoms with van der Waals surface area (Å²) in [5.74, 6) is -0.115. The van der Waals surface area contributed by atoms with Gasteiger partial charge in [-0.3, -0.25) is 9.59 Å². The number of benzene rings is 1. The lowest BCUT2D eigenvalue weighted by Crippen LogP contribution is -2.45. The Balaban J connectivity index is 2.31. The van der Waals surface area contributed by atoms with Crippen LogP contribution in [-0.4, -0.2) is 48.3 Å². The molecule has 1 heterocycles. The molecule has 5 nitrogen and oxygen atoms in total. The molecule has 0 saturated carbocycles. The van der Waals surface area contributed by atoms with Crippen LogP contribution in [0.25, 0.3) is 0 Å². The molecule has 0 aliphatic carbocycles. The van der Waals surface area contributed by atoms with Gasteiger partial charge in [0.25, 0.3) is 5.91 Å². The van der Waals surface area contributed by atoms with E-state index in [1.807, 2.05) is 19.9 Å². The Morgan fingerprint density at radius 2 is 1.90 bits per heavy atom. The fraction of sp³-hybridized carbons (Fsp3) is 0.500. The third-order valence-corrected chi connectivity index (χ3v) is 4.08. The predicted octanol–water partition coefficient (Wildman–Crippen LogP) is 1.58. The van der Waals surface area contributed by atoms with Crippen molar-refractivity contribution in [2.24, 2.45) is 0 Å². The molecule has 2 amide bonds. The topological polar surface area (TPSA) is 66.6 Å². The Kier molecular flexibility index (Phi) is 4.21. The van der Waals surface area contributed by atoms with Crippen LogP contribution < -0.4 is 5.73 Å². The number of nitrogen functional groups attached to an aromatic ring is 1. The molecule has 2 rings (SSSR count). The summed E-state index contributed by atoms with van der Waals surface area (Å²) in [7, 11) is 3.44. The maximum atomic E-state index is 12.8. The molecule has 1 unspecified atom stereocenters. The number of nitrogens with zero attached hydrogens (tertiary/aromatic N) is 2. The van der Waals surface area contributed by atoms with Crippen molar-refractivity contribution in [2.75, 3.05) is 26.4 Å². The number of likely N-dealkylation sites (tertiary alicyclic amines) is 1. The first-order chi connectivity index (χ1) is 9.82. The second kappa shape index (κ2) is 5.76. The Morgan fingerprint density at radius 3 is 2.52 bits per heavy atom. The maximum Gasteiger partial charge on any atom is 0.254 e. The van der Waals surface area contributed by atoms with Gasteiger partial charge in [-0.05, 0) is 43.9 Å². The summed E-state index contributed by atoms with van der Waals surface area (Å²) >= 11 is 0. The summed E-state index contributed by atoms with van der Waals surface area (Å²) < 4.78 is 0. The number of nitrogens with two attached hydrogens (primary N) is 1. The van der Waals surface area contributed by atoms with Crippen LogP contribution in [0.15, 0.2) is 12.1 Å². The minimum atomic E-state index is -0.352. The lowest BCUT2D eigenvalue weighted by atomic mass is 10.0. The molecule has 1 aliphatic rings. The first kappa shape index (κ1) is 15.4. The van der Waals surface area contributed by atoms with E-state index in [1.54, 1.807) is 30.0 Å². The summed E-state index contributed by atoms with van der Waals surface area (Å²) in [6, 6.07) is 3.29. The van der Waals surface area contributed by atoms with Crippen LogP contribution in [0, 0.1) is 13.8 Å². The van der Waals surface area contributed by atoms with Crippen molar-refractivity contribution in [3.8, 4) is 0 Å². The van der Waals surface area contributed by atoms with E-state index in [1.165, 1.54) is 0 Å². The molecule has 1 aliphatic heterocycles. The number of rotatable bonds is 2. The van der Waals surface area contributed by atoms with E-state index in [2.05, 4.69) is 0 Å². The lowest BCUT2D eigenvalue weighted by Gasteiger charge is -2.27. The molecule has 1 aromatic rings. The molecule has 0 aromatic heterocycles. The zero-order chi connectivity index (χ0) is 15.7. The number of likely N-dealkylation sites (N-methyl/N-ethyl adjacent to an activating group) is 1. The fourth-order valence-electron chi connectivity index (χ4n) is 2.82. The highest BCUT2D eigenvalue weighted by Crippen LogP contribution is 2.25. The summed E-state index contributed by atoms with van der Waals surface area (Å²) in [5.41, 5.74) is 8.99. The summed E-state index contributed by atoms with van der Waals surface area (Å²) in [4.78, 5) is 28.2. The fourth-order valence-corrected chi connectivity index (χ4v) is 2.82. The number of hydrogen-bond acceptors (Lipinski definition) is 3. The Labute approximate surface area is 125 Å². The molecule has 0 bridgehead atoms. The van der Waals surface area contributed by atoms with Crippen LogP contribution in [0.5, 0.6) is 0 Å². The largest absolute Gasteiger partial charge is 0.398 e. The molecule has 2 N–H and O–H groups in total. The van der Waals surface area contributed by atoms with Crippen LogP contribution in [-0.2, 0) is 4.79 Å². The van der Waals surface area contributed by atoms with Gasteiger partial charge in [0.2, 0.25) is 5.91 Å². The lowest BCUT2D eigenvalue weighted by molar-refractivity contribution is -0.132. The van der Waals surface area contributed by atoms with Crippen molar-refractivity contribution < 1.29 is 9.59 Å². The van der Waals surface area contributed by atoms with Crippen LogP contribution in [0.1, 0.15) is 34.3 Å². The molecule has 0 spiro atoms. The summed E-state index contributed by atoms with van der Waals surface area (Å²) in [6.07, 6.45) is 1.58. The predicted molar refractivity (Wildman–Crippen MR) is 83.1 cm³/mol. The van der Waals surface area contributed by atoms with Crippen LogP contribution in [0.4, 0.5) is 5.69 Å². The van der Waals surface area contributed by atoms with Crippen LogP contribution >= 0.6 is 0 Å². The van der Waals surface area contributed by atoms with Gasteiger partial charge in [-0.25, -0.2) is 0 Å². The van der Waals surface area contributed by atoms with Crippen molar-refractivity contribution >= 4 is 17.5 Å². The normalized spacial score (nSPS) is 17.9. The number of anilines is 1. The Bertz CT molecular complexity index is 581. The van der Waals surface area contributed by atoms with Crippen molar-refractivity contribution in [1.29, 1.82) is 0 Å². The third-order valence-electron chi connectivity index (χ3n) is 4.08. The third kappa shape index (κ3) is 2.86. The van der Waals surface area contributed by atoms with E-state index < -0.39 is 0 Å². The van der Waals surface area contributed by atoms with Gasteiger partial charge in [-0.2, -0.15) is 0 Å². The average molecular weight is 289 g/mol. The Hall–Kier alpha value is -2.04. The first-order valence-electron chi connectivity index (χ1n) is 7.21. The van der Waals surface area contributed by atoms with Crippen molar-refractivity contribution in [2.45, 2.75) is 32.7 Å². The molecule has 1 fully saturated rings. The average Bonchev–Trinajstić information content (AvgIpc) is 2.90. The van der Waals surface area contributed by atoms with Gasteiger partial charge in [0.15, 0.2) is 0 Å². The summed E-state index contributed by atoms with van der Waals surface area (Å²) in [5, 5.41) is 0. The van der Waals surface area contributed by atoms with Gasteiger partial charge in [0.05, 0.1) is 0 Å². The SMILES string of the molecule is Cc1cc(C)c(C(=O)N2CCCC2C(=O)N(C)C)cc1N. The molecule has 21 heavy (non-hydrogen) atoms. The number of amides is 2. The standard InChI is InChI=1S/C16H23N3O2/c1-10-8-11(2)13(17)9-12(10)15(20)19-7-5-6-14(19)16(21)18(3)4/h8-9,14H,5-7,17H2,1-4H3. The molecule has 1 atom stereocenters. The van der Waals surface area contributed by atoms with Gasteiger partial charge in [0.1, 0.15) is 6.04 Å². The van der Waals surface area contributed by atoms with E-state index in [0.29, 0.717) is 17.8 Å². The number of aryl methyl sites for hydroxylation is 2. The van der Waals surface area contributed by atoms with Crippen molar-refractivity contribution in [1.82, 2.24) is 9.80 Å². The van der Waals surface area contributed by atoms with Gasteiger partial charge >= 0.3 is 0 Å². The van der Waals surface area contributed by atoms with E-state index in [-0.39, 0.29) is 17.9 Å². The van der Waals surface area contributed by atoms with Gasteiger partial charge in [-0.15, -0.1) is 0 Å². The van der Waals surface area contributed by atoms with Gasteiger partial charge in [0, 0.05) is 31.9 Å². The van der Waals surface area contributed by atoms with Crippen LogP contribution in [0.2, 0.25) is 0 Å². The molecule has 5 heteroatoms. The maximum absolute atomic E-state index is 12.8. The zero-order valence-electron chi connectivity index (χ0n) is 13.1. The molecule has 0 radical (unpaired) electrons. The molecule has 1 saturated heterocycles. The molecular weight excluding hydrogens is 266 g/mol. The zero-order valence-corrected chi connectivity index (χ0v) is 13.1. The van der Waals surface area contributed by atoms with Crippen LogP contribution in [0.3, 0.4) is 0 Å². The molecular formula is C16H23N3O2. The minimum Gasteiger partial charge on any atom is -0.398 e. The van der Waals surface area contributed by atoms with E-state index in [9.17, 15) is 9.59 Å². The van der Waals surface area contributed by atoms with E-state index in [4.69, 9.17) is 5.73 Å². The van der Waals surface area contributed by atoms with E-state index in [0.717, 1.165) is 24.0 Å². The Morgan fingerprint density at radius 1 is 1.24 bits per heavy atom. The second-order valence-electron chi connectivity index (χ2n) is 5.91.